The molecule has 0 bridgehead atoms. The molecular formula is C16H20N2O2S. The minimum absolute atomic E-state index is 0.387. The molecule has 0 fully saturated rings. The summed E-state index contributed by atoms with van der Waals surface area (Å²) in [5.41, 5.74) is 1.98. The molecule has 112 valence electrons. The van der Waals surface area contributed by atoms with E-state index in [2.05, 4.69) is 29.1 Å². The molecule has 2 rings (SSSR count). The molecule has 21 heavy (non-hydrogen) atoms. The quantitative estimate of drug-likeness (QED) is 0.854. The highest BCUT2D eigenvalue weighted by molar-refractivity contribution is 7.13. The molecule has 5 heteroatoms. The summed E-state index contributed by atoms with van der Waals surface area (Å²) in [5.74, 6) is -0.867. The van der Waals surface area contributed by atoms with Gasteiger partial charge < -0.3 is 10.0 Å². The highest BCUT2D eigenvalue weighted by atomic mass is 32.1. The first-order chi connectivity index (χ1) is 10.1. The topological polar surface area (TPSA) is 53.4 Å². The highest BCUT2D eigenvalue weighted by Gasteiger charge is 2.15. The molecule has 1 aromatic heterocycles. The van der Waals surface area contributed by atoms with Crippen molar-refractivity contribution < 1.29 is 9.90 Å². The second kappa shape index (κ2) is 7.33. The van der Waals surface area contributed by atoms with E-state index in [9.17, 15) is 4.79 Å². The first-order valence-electron chi connectivity index (χ1n) is 7.04. The van der Waals surface area contributed by atoms with Crippen LogP contribution < -0.4 is 0 Å². The Labute approximate surface area is 129 Å². The molecule has 4 nitrogen and oxygen atoms in total. The van der Waals surface area contributed by atoms with Gasteiger partial charge in [0.1, 0.15) is 4.88 Å². The van der Waals surface area contributed by atoms with E-state index in [1.54, 1.807) is 0 Å². The zero-order valence-electron chi connectivity index (χ0n) is 12.4. The van der Waals surface area contributed by atoms with Gasteiger partial charge >= 0.3 is 5.97 Å². The Morgan fingerprint density at radius 1 is 1.33 bits per heavy atom. The molecule has 1 N–H and O–H groups in total. The lowest BCUT2D eigenvalue weighted by atomic mass is 10.2. The smallest absolute Gasteiger partial charge is 0.347 e. The van der Waals surface area contributed by atoms with E-state index in [1.165, 1.54) is 16.9 Å². The van der Waals surface area contributed by atoms with E-state index in [0.29, 0.717) is 17.0 Å². The van der Waals surface area contributed by atoms with Crippen LogP contribution in [0.15, 0.2) is 30.3 Å². The fourth-order valence-corrected chi connectivity index (χ4v) is 3.16. The SMILES string of the molecule is CCc1nc(CCN(C)Cc2ccccc2)sc1C(=O)O. The van der Waals surface area contributed by atoms with Crippen LogP contribution in [0.4, 0.5) is 0 Å². The largest absolute Gasteiger partial charge is 0.477 e. The van der Waals surface area contributed by atoms with Crippen molar-refractivity contribution in [2.24, 2.45) is 0 Å². The summed E-state index contributed by atoms with van der Waals surface area (Å²) in [6.45, 7) is 3.69. The van der Waals surface area contributed by atoms with E-state index in [1.807, 2.05) is 25.1 Å². The molecule has 0 radical (unpaired) electrons. The van der Waals surface area contributed by atoms with Gasteiger partial charge in [-0.15, -0.1) is 11.3 Å². The van der Waals surface area contributed by atoms with Crippen LogP contribution in [0.5, 0.6) is 0 Å². The van der Waals surface area contributed by atoms with E-state index < -0.39 is 5.97 Å². The third-order valence-electron chi connectivity index (χ3n) is 3.27. The highest BCUT2D eigenvalue weighted by Crippen LogP contribution is 2.20. The lowest BCUT2D eigenvalue weighted by molar-refractivity contribution is 0.0701. The van der Waals surface area contributed by atoms with Crippen LogP contribution in [-0.4, -0.2) is 34.6 Å². The molecule has 0 atom stereocenters. The van der Waals surface area contributed by atoms with Crippen LogP contribution >= 0.6 is 11.3 Å². The first-order valence-corrected chi connectivity index (χ1v) is 7.86. The zero-order valence-corrected chi connectivity index (χ0v) is 13.2. The lowest BCUT2D eigenvalue weighted by Gasteiger charge is -2.15. The zero-order chi connectivity index (χ0) is 15.2. The molecule has 0 aliphatic rings. The van der Waals surface area contributed by atoms with Gasteiger partial charge in [-0.3, -0.25) is 0 Å². The Bertz CT molecular complexity index is 596. The number of nitrogens with zero attached hydrogens (tertiary/aromatic N) is 2. The summed E-state index contributed by atoms with van der Waals surface area (Å²) in [7, 11) is 2.07. The number of hydrogen-bond donors (Lipinski definition) is 1. The van der Waals surface area contributed by atoms with Crippen molar-refractivity contribution in [1.29, 1.82) is 0 Å². The number of aromatic nitrogens is 1. The van der Waals surface area contributed by atoms with E-state index >= 15 is 0 Å². The molecule has 0 aliphatic carbocycles. The van der Waals surface area contributed by atoms with Crippen LogP contribution in [0, 0.1) is 0 Å². The van der Waals surface area contributed by atoms with Gasteiger partial charge in [-0.05, 0) is 19.0 Å². The van der Waals surface area contributed by atoms with Crippen molar-refractivity contribution >= 4 is 17.3 Å². The molecule has 2 aromatic rings. The maximum atomic E-state index is 11.1. The number of benzene rings is 1. The number of rotatable bonds is 7. The Kier molecular flexibility index (Phi) is 5.47. The number of carboxylic acids is 1. The predicted molar refractivity (Wildman–Crippen MR) is 84.9 cm³/mol. The molecule has 0 amide bonds. The van der Waals surface area contributed by atoms with E-state index in [0.717, 1.165) is 24.5 Å². The molecular weight excluding hydrogens is 284 g/mol. The van der Waals surface area contributed by atoms with E-state index in [4.69, 9.17) is 5.11 Å². The number of aromatic carboxylic acids is 1. The standard InChI is InChI=1S/C16H20N2O2S/c1-3-13-15(16(19)20)21-14(17-13)9-10-18(2)11-12-7-5-4-6-8-12/h4-8H,3,9-11H2,1-2H3,(H,19,20). The average Bonchev–Trinajstić information content (AvgIpc) is 2.90. The Balaban J connectivity index is 1.92. The fourth-order valence-electron chi connectivity index (χ4n) is 2.18. The van der Waals surface area contributed by atoms with Crippen LogP contribution in [0.2, 0.25) is 0 Å². The van der Waals surface area contributed by atoms with Gasteiger partial charge in [-0.1, -0.05) is 37.3 Å². The average molecular weight is 304 g/mol. The Hall–Kier alpha value is -1.72. The minimum Gasteiger partial charge on any atom is -0.477 e. The first kappa shape index (κ1) is 15.7. The van der Waals surface area contributed by atoms with Gasteiger partial charge in [-0.25, -0.2) is 9.78 Å². The number of carboxylic acid groups (broad SMARTS) is 1. The van der Waals surface area contributed by atoms with Gasteiger partial charge in [0.15, 0.2) is 0 Å². The fraction of sp³-hybridized carbons (Fsp3) is 0.375. The molecule has 0 aliphatic heterocycles. The summed E-state index contributed by atoms with van der Waals surface area (Å²) >= 11 is 1.30. The monoisotopic (exact) mass is 304 g/mol. The van der Waals surface area contributed by atoms with Crippen molar-refractivity contribution in [2.45, 2.75) is 26.3 Å². The second-order valence-corrected chi connectivity index (χ2v) is 6.10. The molecule has 1 heterocycles. The summed E-state index contributed by atoms with van der Waals surface area (Å²) in [6, 6.07) is 10.3. The molecule has 0 unspecified atom stereocenters. The van der Waals surface area contributed by atoms with Gasteiger partial charge in [0, 0.05) is 19.5 Å². The van der Waals surface area contributed by atoms with Gasteiger partial charge in [0.25, 0.3) is 0 Å². The van der Waals surface area contributed by atoms with Crippen LogP contribution in [0.25, 0.3) is 0 Å². The van der Waals surface area contributed by atoms with Gasteiger partial charge in [0.05, 0.1) is 10.7 Å². The summed E-state index contributed by atoms with van der Waals surface area (Å²) in [6.07, 6.45) is 1.45. The second-order valence-electron chi connectivity index (χ2n) is 5.02. The maximum absolute atomic E-state index is 11.1. The summed E-state index contributed by atoms with van der Waals surface area (Å²) in [4.78, 5) is 18.2. The lowest BCUT2D eigenvalue weighted by Crippen LogP contribution is -2.20. The van der Waals surface area contributed by atoms with Crippen molar-refractivity contribution in [3.8, 4) is 0 Å². The van der Waals surface area contributed by atoms with Crippen LogP contribution in [-0.2, 0) is 19.4 Å². The molecule has 0 spiro atoms. The normalized spacial score (nSPS) is 11.0. The predicted octanol–water partition coefficient (Wildman–Crippen LogP) is 3.08. The molecule has 0 saturated carbocycles. The van der Waals surface area contributed by atoms with Crippen molar-refractivity contribution in [2.75, 3.05) is 13.6 Å². The molecule has 1 aromatic carbocycles. The third kappa shape index (κ3) is 4.37. The number of aryl methyl sites for hydroxylation is 1. The minimum atomic E-state index is -0.867. The Morgan fingerprint density at radius 2 is 2.05 bits per heavy atom. The summed E-state index contributed by atoms with van der Waals surface area (Å²) in [5, 5.41) is 10.0. The number of thiazole rings is 1. The van der Waals surface area contributed by atoms with Crippen LogP contribution in [0.1, 0.15) is 32.9 Å². The maximum Gasteiger partial charge on any atom is 0.347 e. The number of carbonyl (C=O) groups is 1. The summed E-state index contributed by atoms with van der Waals surface area (Å²) < 4.78 is 0. The third-order valence-corrected chi connectivity index (χ3v) is 4.42. The van der Waals surface area contributed by atoms with Crippen molar-refractivity contribution in [1.82, 2.24) is 9.88 Å². The van der Waals surface area contributed by atoms with Crippen LogP contribution in [0.3, 0.4) is 0 Å². The van der Waals surface area contributed by atoms with Gasteiger partial charge in [0.2, 0.25) is 0 Å². The van der Waals surface area contributed by atoms with Gasteiger partial charge in [-0.2, -0.15) is 0 Å². The molecule has 0 saturated heterocycles. The van der Waals surface area contributed by atoms with Crippen molar-refractivity contribution in [3.05, 3.63) is 51.5 Å². The van der Waals surface area contributed by atoms with Crippen molar-refractivity contribution in [3.63, 3.8) is 0 Å². The number of likely N-dealkylation sites (N-methyl/N-ethyl adjacent to an activating group) is 1. The van der Waals surface area contributed by atoms with E-state index in [-0.39, 0.29) is 0 Å². The number of hydrogen-bond acceptors (Lipinski definition) is 4. The Morgan fingerprint density at radius 3 is 2.62 bits per heavy atom.